The van der Waals surface area contributed by atoms with E-state index >= 15 is 0 Å². The SMILES string of the molecule is COC[C@H]1O[C@@H](O)[C@H](OC)[C@@H](OC)[C@@H]1OC(C)=O. The van der Waals surface area contributed by atoms with Gasteiger partial charge in [-0.1, -0.05) is 0 Å². The van der Waals surface area contributed by atoms with Gasteiger partial charge >= 0.3 is 5.97 Å². The molecule has 0 spiro atoms. The molecule has 0 unspecified atom stereocenters. The normalized spacial score (nSPS) is 36.4. The number of aliphatic hydroxyl groups is 1. The second-order valence-electron chi connectivity index (χ2n) is 4.00. The van der Waals surface area contributed by atoms with Crippen molar-refractivity contribution >= 4 is 5.97 Å². The molecule has 1 aliphatic rings. The van der Waals surface area contributed by atoms with Crippen molar-refractivity contribution in [1.29, 1.82) is 0 Å². The molecule has 5 atom stereocenters. The molecule has 0 bridgehead atoms. The highest BCUT2D eigenvalue weighted by Crippen LogP contribution is 2.26. The molecule has 1 saturated heterocycles. The van der Waals surface area contributed by atoms with E-state index in [1.165, 1.54) is 28.3 Å². The Labute approximate surface area is 106 Å². The van der Waals surface area contributed by atoms with Gasteiger partial charge in [0, 0.05) is 28.3 Å². The van der Waals surface area contributed by atoms with Crippen molar-refractivity contribution in [1.82, 2.24) is 0 Å². The molecule has 7 nitrogen and oxygen atoms in total. The fraction of sp³-hybridized carbons (Fsp3) is 0.909. The average Bonchev–Trinajstić information content (AvgIpc) is 2.31. The van der Waals surface area contributed by atoms with Crippen molar-refractivity contribution in [3.05, 3.63) is 0 Å². The predicted octanol–water partition coefficient (Wildman–Crippen LogP) is -0.688. The van der Waals surface area contributed by atoms with Crippen LogP contribution in [-0.2, 0) is 28.5 Å². The quantitative estimate of drug-likeness (QED) is 0.658. The molecule has 0 aliphatic carbocycles. The summed E-state index contributed by atoms with van der Waals surface area (Å²) < 4.78 is 25.9. The Morgan fingerprint density at radius 1 is 1.17 bits per heavy atom. The summed E-state index contributed by atoms with van der Waals surface area (Å²) in [6, 6.07) is 0. The van der Waals surface area contributed by atoms with Crippen LogP contribution in [0.2, 0.25) is 0 Å². The van der Waals surface area contributed by atoms with E-state index in [0.717, 1.165) is 0 Å². The standard InChI is InChI=1S/C11H20O7/c1-6(12)17-8-7(5-14-2)18-11(13)10(16-4)9(8)15-3/h7-11,13H,5H2,1-4H3/t7-,8-,9+,10-,11-/m1/s1. The number of esters is 1. The molecular formula is C11H20O7. The number of hydrogen-bond donors (Lipinski definition) is 1. The molecular weight excluding hydrogens is 244 g/mol. The Morgan fingerprint density at radius 3 is 2.22 bits per heavy atom. The largest absolute Gasteiger partial charge is 0.457 e. The summed E-state index contributed by atoms with van der Waals surface area (Å²) in [7, 11) is 4.37. The lowest BCUT2D eigenvalue weighted by atomic mass is 9.98. The fourth-order valence-electron chi connectivity index (χ4n) is 2.05. The number of carbonyl (C=O) groups is 1. The number of methoxy groups -OCH3 is 3. The van der Waals surface area contributed by atoms with Crippen molar-refractivity contribution in [2.45, 2.75) is 37.6 Å². The first-order valence-electron chi connectivity index (χ1n) is 5.60. The van der Waals surface area contributed by atoms with E-state index in [4.69, 9.17) is 23.7 Å². The maximum atomic E-state index is 11.1. The van der Waals surface area contributed by atoms with Gasteiger partial charge in [0.1, 0.15) is 18.3 Å². The van der Waals surface area contributed by atoms with E-state index < -0.39 is 36.7 Å². The second-order valence-corrected chi connectivity index (χ2v) is 4.00. The van der Waals surface area contributed by atoms with E-state index in [1.54, 1.807) is 0 Å². The van der Waals surface area contributed by atoms with Crippen molar-refractivity contribution in [2.75, 3.05) is 27.9 Å². The fourth-order valence-corrected chi connectivity index (χ4v) is 2.05. The first kappa shape index (κ1) is 15.3. The van der Waals surface area contributed by atoms with Crippen LogP contribution in [0.25, 0.3) is 0 Å². The molecule has 7 heteroatoms. The molecule has 0 aromatic heterocycles. The third-order valence-electron chi connectivity index (χ3n) is 2.79. The Kier molecular flexibility index (Phi) is 5.97. The van der Waals surface area contributed by atoms with Crippen LogP contribution in [0.1, 0.15) is 6.92 Å². The zero-order valence-electron chi connectivity index (χ0n) is 11.0. The molecule has 0 radical (unpaired) electrons. The Balaban J connectivity index is 2.89. The predicted molar refractivity (Wildman–Crippen MR) is 59.9 cm³/mol. The Morgan fingerprint density at radius 2 is 1.78 bits per heavy atom. The minimum Gasteiger partial charge on any atom is -0.457 e. The van der Waals surface area contributed by atoms with Crippen LogP contribution >= 0.6 is 0 Å². The average molecular weight is 264 g/mol. The summed E-state index contributed by atoms with van der Waals surface area (Å²) >= 11 is 0. The zero-order chi connectivity index (χ0) is 13.7. The molecule has 18 heavy (non-hydrogen) atoms. The van der Waals surface area contributed by atoms with Gasteiger partial charge < -0.3 is 28.8 Å². The minimum absolute atomic E-state index is 0.172. The molecule has 0 amide bonds. The highest BCUT2D eigenvalue weighted by Gasteiger charge is 2.48. The van der Waals surface area contributed by atoms with Crippen LogP contribution in [0.15, 0.2) is 0 Å². The van der Waals surface area contributed by atoms with E-state index in [0.29, 0.717) is 0 Å². The topological polar surface area (TPSA) is 83.5 Å². The van der Waals surface area contributed by atoms with Gasteiger partial charge in [-0.25, -0.2) is 0 Å². The van der Waals surface area contributed by atoms with Crippen molar-refractivity contribution in [2.24, 2.45) is 0 Å². The van der Waals surface area contributed by atoms with Crippen LogP contribution in [0.3, 0.4) is 0 Å². The minimum atomic E-state index is -1.16. The van der Waals surface area contributed by atoms with Gasteiger partial charge in [-0.05, 0) is 0 Å². The van der Waals surface area contributed by atoms with Crippen LogP contribution in [0.4, 0.5) is 0 Å². The maximum absolute atomic E-state index is 11.1. The maximum Gasteiger partial charge on any atom is 0.303 e. The molecule has 1 fully saturated rings. The van der Waals surface area contributed by atoms with Gasteiger partial charge in [-0.2, -0.15) is 0 Å². The van der Waals surface area contributed by atoms with Crippen LogP contribution in [0, 0.1) is 0 Å². The number of rotatable bonds is 5. The van der Waals surface area contributed by atoms with Gasteiger partial charge in [0.2, 0.25) is 0 Å². The highest BCUT2D eigenvalue weighted by atomic mass is 16.7. The van der Waals surface area contributed by atoms with Crippen LogP contribution in [0.5, 0.6) is 0 Å². The van der Waals surface area contributed by atoms with Gasteiger partial charge in [-0.15, -0.1) is 0 Å². The summed E-state index contributed by atoms with van der Waals surface area (Å²) in [5.41, 5.74) is 0. The Bertz CT molecular complexity index is 270. The monoisotopic (exact) mass is 264 g/mol. The van der Waals surface area contributed by atoms with Gasteiger partial charge in [0.05, 0.1) is 6.61 Å². The lowest BCUT2D eigenvalue weighted by Gasteiger charge is -2.42. The van der Waals surface area contributed by atoms with Crippen molar-refractivity contribution < 1.29 is 33.6 Å². The highest BCUT2D eigenvalue weighted by molar-refractivity contribution is 5.66. The van der Waals surface area contributed by atoms with E-state index in [-0.39, 0.29) is 6.61 Å². The summed E-state index contributed by atoms with van der Waals surface area (Å²) in [5.74, 6) is -0.460. The van der Waals surface area contributed by atoms with E-state index in [1.807, 2.05) is 0 Å². The second kappa shape index (κ2) is 7.01. The molecule has 0 saturated carbocycles. The third-order valence-corrected chi connectivity index (χ3v) is 2.79. The number of carbonyl (C=O) groups excluding carboxylic acids is 1. The van der Waals surface area contributed by atoms with E-state index in [2.05, 4.69) is 0 Å². The van der Waals surface area contributed by atoms with Crippen molar-refractivity contribution in [3.63, 3.8) is 0 Å². The summed E-state index contributed by atoms with van der Waals surface area (Å²) in [5, 5.41) is 9.80. The van der Waals surface area contributed by atoms with Crippen LogP contribution < -0.4 is 0 Å². The molecule has 0 aromatic carbocycles. The summed E-state index contributed by atoms with van der Waals surface area (Å²) in [4.78, 5) is 11.1. The van der Waals surface area contributed by atoms with E-state index in [9.17, 15) is 9.90 Å². The lowest BCUT2D eigenvalue weighted by molar-refractivity contribution is -0.299. The molecule has 106 valence electrons. The number of hydrogen-bond acceptors (Lipinski definition) is 7. The first-order valence-corrected chi connectivity index (χ1v) is 5.60. The van der Waals surface area contributed by atoms with Crippen molar-refractivity contribution in [3.8, 4) is 0 Å². The molecule has 1 N–H and O–H groups in total. The van der Waals surface area contributed by atoms with Gasteiger partial charge in [-0.3, -0.25) is 4.79 Å². The summed E-state index contributed by atoms with van der Waals surface area (Å²) in [6.45, 7) is 1.47. The smallest absolute Gasteiger partial charge is 0.303 e. The molecule has 1 aliphatic heterocycles. The zero-order valence-corrected chi connectivity index (χ0v) is 11.0. The number of aliphatic hydroxyl groups excluding tert-OH is 1. The Hall–Kier alpha value is -0.730. The molecule has 1 heterocycles. The van der Waals surface area contributed by atoms with Crippen LogP contribution in [-0.4, -0.2) is 69.7 Å². The molecule has 0 aromatic rings. The summed E-state index contributed by atoms with van der Waals surface area (Å²) in [6.07, 6.45) is -3.81. The first-order chi connectivity index (χ1) is 8.54. The van der Waals surface area contributed by atoms with Gasteiger partial charge in [0.25, 0.3) is 0 Å². The lowest BCUT2D eigenvalue weighted by Crippen LogP contribution is -2.61. The molecule has 1 rings (SSSR count). The third kappa shape index (κ3) is 3.39. The number of ether oxygens (including phenoxy) is 5. The van der Waals surface area contributed by atoms with Gasteiger partial charge in [0.15, 0.2) is 12.4 Å².